The number of allylic oxidation sites excluding steroid dienone is 2. The van der Waals surface area contributed by atoms with Gasteiger partial charge in [0.1, 0.15) is 11.6 Å². The van der Waals surface area contributed by atoms with Crippen molar-refractivity contribution in [1.82, 2.24) is 9.88 Å². The number of aromatic nitrogens is 1. The number of nitrogens with zero attached hydrogens (tertiary/aromatic N) is 2. The first-order valence-electron chi connectivity index (χ1n) is 8.06. The molecule has 136 valence electrons. The Bertz CT molecular complexity index is 733. The Hall–Kier alpha value is -1.86. The molecule has 1 atom stereocenters. The zero-order valence-electron chi connectivity index (χ0n) is 13.9. The summed E-state index contributed by atoms with van der Waals surface area (Å²) in [6, 6.07) is 1.43. The number of hydrogen-bond acceptors (Lipinski definition) is 5. The SMILES string of the molecule is CC1(CN2C(N)=C(F)C=CC2(F)c2ccnc(N)c2Cl)CCOCC1. The van der Waals surface area contributed by atoms with Crippen molar-refractivity contribution in [3.63, 3.8) is 0 Å². The van der Waals surface area contributed by atoms with Crippen molar-refractivity contribution in [3.05, 3.63) is 46.6 Å². The van der Waals surface area contributed by atoms with E-state index in [1.807, 2.05) is 6.92 Å². The van der Waals surface area contributed by atoms with Crippen LogP contribution in [-0.4, -0.2) is 29.6 Å². The Labute approximate surface area is 150 Å². The van der Waals surface area contributed by atoms with Crippen LogP contribution in [-0.2, 0) is 10.5 Å². The predicted octanol–water partition coefficient (Wildman–Crippen LogP) is 3.23. The van der Waals surface area contributed by atoms with Gasteiger partial charge in [-0.1, -0.05) is 18.5 Å². The molecule has 1 aromatic heterocycles. The molecule has 2 aliphatic heterocycles. The second-order valence-electron chi connectivity index (χ2n) is 6.81. The number of halogens is 3. The number of nitrogen functional groups attached to an aromatic ring is 1. The molecule has 3 rings (SSSR count). The summed E-state index contributed by atoms with van der Waals surface area (Å²) in [6.45, 7) is 3.39. The lowest BCUT2D eigenvalue weighted by Crippen LogP contribution is -2.50. The standard InChI is InChI=1S/C17H21ClF2N4O/c1-16(5-8-25-9-6-16)10-24-15(22)12(19)2-4-17(24,20)11-3-7-23-14(21)13(11)18/h2-4,7H,5-6,8-10,22H2,1H3,(H2,21,23). The molecule has 1 fully saturated rings. The second kappa shape index (κ2) is 6.46. The van der Waals surface area contributed by atoms with Crippen molar-refractivity contribution >= 4 is 17.4 Å². The monoisotopic (exact) mass is 370 g/mol. The minimum atomic E-state index is -2.21. The molecule has 0 amide bonds. The van der Waals surface area contributed by atoms with Crippen LogP contribution in [0.3, 0.4) is 0 Å². The topological polar surface area (TPSA) is 77.4 Å². The fraction of sp³-hybridized carbons (Fsp3) is 0.471. The summed E-state index contributed by atoms with van der Waals surface area (Å²) in [5, 5.41) is -0.00751. The number of pyridine rings is 1. The third-order valence-electron chi connectivity index (χ3n) is 4.91. The molecule has 0 saturated carbocycles. The van der Waals surface area contributed by atoms with Gasteiger partial charge >= 0.3 is 0 Å². The van der Waals surface area contributed by atoms with Crippen molar-refractivity contribution in [1.29, 1.82) is 0 Å². The number of ether oxygens (including phenoxy) is 1. The molecule has 0 aromatic carbocycles. The lowest BCUT2D eigenvalue weighted by molar-refractivity contribution is -0.0406. The minimum absolute atomic E-state index is 0.00751. The van der Waals surface area contributed by atoms with E-state index in [0.29, 0.717) is 13.2 Å². The first-order chi connectivity index (χ1) is 11.8. The Morgan fingerprint density at radius 2 is 2.04 bits per heavy atom. The highest BCUT2D eigenvalue weighted by atomic mass is 35.5. The number of anilines is 1. The fourth-order valence-electron chi connectivity index (χ4n) is 3.23. The molecule has 25 heavy (non-hydrogen) atoms. The average molecular weight is 371 g/mol. The predicted molar refractivity (Wildman–Crippen MR) is 92.8 cm³/mol. The first-order valence-corrected chi connectivity index (χ1v) is 8.44. The van der Waals surface area contributed by atoms with Crippen molar-refractivity contribution in [3.8, 4) is 0 Å². The molecule has 0 spiro atoms. The number of hydrogen-bond donors (Lipinski definition) is 2. The van der Waals surface area contributed by atoms with Crippen LogP contribution in [0.4, 0.5) is 14.6 Å². The van der Waals surface area contributed by atoms with E-state index in [-0.39, 0.29) is 34.2 Å². The van der Waals surface area contributed by atoms with Gasteiger partial charge in [-0.05, 0) is 36.5 Å². The maximum absolute atomic E-state index is 16.1. The molecular weight excluding hydrogens is 350 g/mol. The quantitative estimate of drug-likeness (QED) is 0.799. The van der Waals surface area contributed by atoms with Crippen LogP contribution in [0.25, 0.3) is 0 Å². The molecule has 0 bridgehead atoms. The van der Waals surface area contributed by atoms with Gasteiger partial charge in [-0.15, -0.1) is 0 Å². The third-order valence-corrected chi connectivity index (χ3v) is 5.31. The molecule has 0 radical (unpaired) electrons. The van der Waals surface area contributed by atoms with Crippen LogP contribution in [0, 0.1) is 5.41 Å². The van der Waals surface area contributed by atoms with Crippen molar-refractivity contribution in [2.45, 2.75) is 25.6 Å². The van der Waals surface area contributed by atoms with Crippen LogP contribution in [0.15, 0.2) is 36.1 Å². The van der Waals surface area contributed by atoms with Gasteiger partial charge in [0.15, 0.2) is 5.83 Å². The minimum Gasteiger partial charge on any atom is -0.383 e. The van der Waals surface area contributed by atoms with E-state index >= 15 is 4.39 Å². The smallest absolute Gasteiger partial charge is 0.230 e. The third kappa shape index (κ3) is 3.18. The highest BCUT2D eigenvalue weighted by molar-refractivity contribution is 6.33. The van der Waals surface area contributed by atoms with Crippen LogP contribution in [0.2, 0.25) is 5.02 Å². The Morgan fingerprint density at radius 1 is 1.36 bits per heavy atom. The lowest BCUT2D eigenvalue weighted by Gasteiger charge is -2.45. The molecular formula is C17H21ClF2N4O. The summed E-state index contributed by atoms with van der Waals surface area (Å²) in [7, 11) is 0. The van der Waals surface area contributed by atoms with Crippen molar-refractivity contribution in [2.75, 3.05) is 25.5 Å². The molecule has 2 aliphatic rings. The van der Waals surface area contributed by atoms with Crippen molar-refractivity contribution < 1.29 is 13.5 Å². The molecule has 1 saturated heterocycles. The molecule has 4 N–H and O–H groups in total. The number of rotatable bonds is 3. The highest BCUT2D eigenvalue weighted by Gasteiger charge is 2.45. The van der Waals surface area contributed by atoms with E-state index in [1.54, 1.807) is 0 Å². The largest absolute Gasteiger partial charge is 0.383 e. The number of alkyl halides is 1. The Balaban J connectivity index is 2.04. The zero-order chi connectivity index (χ0) is 18.2. The van der Waals surface area contributed by atoms with Gasteiger partial charge in [0.25, 0.3) is 0 Å². The number of nitrogens with two attached hydrogens (primary N) is 2. The second-order valence-corrected chi connectivity index (χ2v) is 7.18. The molecule has 3 heterocycles. The fourth-order valence-corrected chi connectivity index (χ4v) is 3.48. The van der Waals surface area contributed by atoms with Gasteiger partial charge in [-0.25, -0.2) is 13.8 Å². The first kappa shape index (κ1) is 17.9. The van der Waals surface area contributed by atoms with E-state index < -0.39 is 11.6 Å². The Kier molecular flexibility index (Phi) is 4.64. The van der Waals surface area contributed by atoms with Gasteiger partial charge < -0.3 is 21.1 Å². The van der Waals surface area contributed by atoms with E-state index in [9.17, 15) is 4.39 Å². The summed E-state index contributed by atoms with van der Waals surface area (Å²) in [6.07, 6.45) is 4.95. The summed E-state index contributed by atoms with van der Waals surface area (Å²) in [5.74, 6) is -3.14. The summed E-state index contributed by atoms with van der Waals surface area (Å²) in [4.78, 5) is 5.07. The summed E-state index contributed by atoms with van der Waals surface area (Å²) in [5.41, 5.74) is 11.5. The zero-order valence-corrected chi connectivity index (χ0v) is 14.7. The summed E-state index contributed by atoms with van der Waals surface area (Å²) >= 11 is 6.18. The average Bonchev–Trinajstić information content (AvgIpc) is 2.58. The normalized spacial score (nSPS) is 26.2. The van der Waals surface area contributed by atoms with Crippen LogP contribution >= 0.6 is 11.6 Å². The van der Waals surface area contributed by atoms with Gasteiger partial charge in [-0.2, -0.15) is 0 Å². The van der Waals surface area contributed by atoms with E-state index in [2.05, 4.69) is 4.98 Å². The lowest BCUT2D eigenvalue weighted by atomic mass is 9.81. The van der Waals surface area contributed by atoms with Crippen LogP contribution < -0.4 is 11.5 Å². The van der Waals surface area contributed by atoms with Gasteiger partial charge in [-0.3, -0.25) is 0 Å². The van der Waals surface area contributed by atoms with Gasteiger partial charge in [0, 0.05) is 31.5 Å². The molecule has 0 aliphatic carbocycles. The molecule has 5 nitrogen and oxygen atoms in total. The highest BCUT2D eigenvalue weighted by Crippen LogP contribution is 2.45. The maximum atomic E-state index is 16.1. The van der Waals surface area contributed by atoms with Gasteiger partial charge in [0.05, 0.1) is 5.02 Å². The van der Waals surface area contributed by atoms with Crippen LogP contribution in [0.1, 0.15) is 25.3 Å². The maximum Gasteiger partial charge on any atom is 0.230 e. The van der Waals surface area contributed by atoms with E-state index in [1.165, 1.54) is 17.2 Å². The molecule has 1 aromatic rings. The Morgan fingerprint density at radius 3 is 2.72 bits per heavy atom. The van der Waals surface area contributed by atoms with Crippen molar-refractivity contribution in [2.24, 2.45) is 11.1 Å². The van der Waals surface area contributed by atoms with E-state index in [0.717, 1.165) is 25.0 Å². The summed E-state index contributed by atoms with van der Waals surface area (Å²) < 4.78 is 35.6. The molecule has 8 heteroatoms. The van der Waals surface area contributed by atoms with E-state index in [4.69, 9.17) is 27.8 Å². The molecule has 1 unspecified atom stereocenters. The van der Waals surface area contributed by atoms with Crippen LogP contribution in [0.5, 0.6) is 0 Å². The van der Waals surface area contributed by atoms with Gasteiger partial charge in [0.2, 0.25) is 5.79 Å².